The lowest BCUT2D eigenvalue weighted by Crippen LogP contribution is -2.09. The van der Waals surface area contributed by atoms with Crippen LogP contribution in [0.1, 0.15) is 27.9 Å². The second-order valence-electron chi connectivity index (χ2n) is 3.12. The number of nitro benzene ring substituents is 1. The van der Waals surface area contributed by atoms with Gasteiger partial charge in [-0.25, -0.2) is 13.6 Å². The predicted octanol–water partition coefficient (Wildman–Crippen LogP) is 2.19. The first-order valence-electron chi connectivity index (χ1n) is 4.51. The summed E-state index contributed by atoms with van der Waals surface area (Å²) in [6, 6.07) is 2.74. The van der Waals surface area contributed by atoms with Gasteiger partial charge in [0.15, 0.2) is 5.56 Å². The average Bonchev–Trinajstić information content (AvgIpc) is 2.35. The molecule has 0 amide bonds. The molecule has 0 fully saturated rings. The number of nitriles is 1. The zero-order valence-corrected chi connectivity index (χ0v) is 9.02. The van der Waals surface area contributed by atoms with Gasteiger partial charge < -0.3 is 4.74 Å². The van der Waals surface area contributed by atoms with Gasteiger partial charge in [0, 0.05) is 11.6 Å². The molecule has 0 N–H and O–H groups in total. The maximum Gasteiger partial charge on any atom is 0.346 e. The van der Waals surface area contributed by atoms with E-state index in [9.17, 15) is 23.7 Å². The minimum Gasteiger partial charge on any atom is -0.465 e. The van der Waals surface area contributed by atoms with Crippen LogP contribution in [0.4, 0.5) is 14.5 Å². The third kappa shape index (κ3) is 2.40. The first kappa shape index (κ1) is 13.5. The molecule has 8 heteroatoms. The highest BCUT2D eigenvalue weighted by Crippen LogP contribution is 2.30. The van der Waals surface area contributed by atoms with Crippen LogP contribution in [0.25, 0.3) is 0 Å². The highest BCUT2D eigenvalue weighted by molar-refractivity contribution is 5.96. The van der Waals surface area contributed by atoms with Crippen molar-refractivity contribution in [3.63, 3.8) is 0 Å². The molecule has 0 aliphatic heterocycles. The lowest BCUT2D eigenvalue weighted by atomic mass is 10.0. The van der Waals surface area contributed by atoms with Crippen LogP contribution in [0, 0.1) is 21.4 Å². The molecule has 0 saturated carbocycles. The number of nitro groups is 1. The molecular formula is C10H6F2N2O4. The normalized spacial score (nSPS) is 9.94. The van der Waals surface area contributed by atoms with Crippen LogP contribution in [0.5, 0.6) is 0 Å². The Labute approximate surface area is 99.5 Å². The molecule has 0 aliphatic rings. The first-order chi connectivity index (χ1) is 8.42. The molecule has 0 bridgehead atoms. The number of halogens is 2. The smallest absolute Gasteiger partial charge is 0.346 e. The number of alkyl halides is 2. The van der Waals surface area contributed by atoms with Gasteiger partial charge in [0.25, 0.3) is 12.1 Å². The van der Waals surface area contributed by atoms with Crippen molar-refractivity contribution in [2.75, 3.05) is 7.11 Å². The Morgan fingerprint density at radius 1 is 1.56 bits per heavy atom. The minimum absolute atomic E-state index is 0.522. The van der Waals surface area contributed by atoms with E-state index in [-0.39, 0.29) is 0 Å². The lowest BCUT2D eigenvalue weighted by Gasteiger charge is -2.06. The maximum absolute atomic E-state index is 12.5. The summed E-state index contributed by atoms with van der Waals surface area (Å²) in [7, 11) is 0.967. The fourth-order valence-electron chi connectivity index (χ4n) is 1.32. The average molecular weight is 256 g/mol. The van der Waals surface area contributed by atoms with E-state index in [1.807, 2.05) is 0 Å². The van der Waals surface area contributed by atoms with E-state index in [4.69, 9.17) is 5.26 Å². The van der Waals surface area contributed by atoms with Gasteiger partial charge in [0.2, 0.25) is 0 Å². The molecule has 0 aromatic heterocycles. The highest BCUT2D eigenvalue weighted by atomic mass is 19.3. The number of benzene rings is 1. The zero-order valence-electron chi connectivity index (χ0n) is 9.02. The molecule has 1 rings (SSSR count). The van der Waals surface area contributed by atoms with Crippen LogP contribution in [-0.2, 0) is 4.74 Å². The largest absolute Gasteiger partial charge is 0.465 e. The van der Waals surface area contributed by atoms with Crippen molar-refractivity contribution in [3.05, 3.63) is 38.9 Å². The Morgan fingerprint density at radius 2 is 2.17 bits per heavy atom. The summed E-state index contributed by atoms with van der Waals surface area (Å²) in [5.74, 6) is -1.13. The number of nitrogens with zero attached hydrogens (tertiary/aromatic N) is 2. The number of esters is 1. The van der Waals surface area contributed by atoms with Crippen molar-refractivity contribution < 1.29 is 23.2 Å². The summed E-state index contributed by atoms with van der Waals surface area (Å²) in [4.78, 5) is 21.0. The molecule has 6 nitrogen and oxygen atoms in total. The molecular weight excluding hydrogens is 250 g/mol. The van der Waals surface area contributed by atoms with Gasteiger partial charge in [0.1, 0.15) is 6.07 Å². The summed E-state index contributed by atoms with van der Waals surface area (Å²) in [5.41, 5.74) is -2.73. The molecule has 0 spiro atoms. The third-order valence-corrected chi connectivity index (χ3v) is 2.10. The van der Waals surface area contributed by atoms with E-state index in [1.165, 1.54) is 6.07 Å². The van der Waals surface area contributed by atoms with Gasteiger partial charge in [-0.15, -0.1) is 0 Å². The molecule has 0 radical (unpaired) electrons. The van der Waals surface area contributed by atoms with Gasteiger partial charge >= 0.3 is 5.97 Å². The SMILES string of the molecule is COC(=O)c1c(C#N)cc(C(F)F)cc1[N+](=O)[O-]. The van der Waals surface area contributed by atoms with Crippen LogP contribution >= 0.6 is 0 Å². The molecule has 0 saturated heterocycles. The highest BCUT2D eigenvalue weighted by Gasteiger charge is 2.28. The molecule has 1 aromatic rings. The topological polar surface area (TPSA) is 93.2 Å². The van der Waals surface area contributed by atoms with E-state index < -0.39 is 39.7 Å². The Kier molecular flexibility index (Phi) is 3.89. The molecule has 94 valence electrons. The Hall–Kier alpha value is -2.56. The van der Waals surface area contributed by atoms with E-state index in [1.54, 1.807) is 0 Å². The van der Waals surface area contributed by atoms with Crippen molar-refractivity contribution in [2.24, 2.45) is 0 Å². The van der Waals surface area contributed by atoms with Crippen LogP contribution in [0.2, 0.25) is 0 Å². The number of hydrogen-bond acceptors (Lipinski definition) is 5. The quantitative estimate of drug-likeness (QED) is 0.469. The van der Waals surface area contributed by atoms with E-state index in [0.29, 0.717) is 6.07 Å². The number of carbonyl (C=O) groups is 1. The van der Waals surface area contributed by atoms with Gasteiger partial charge in [-0.05, 0) is 6.07 Å². The van der Waals surface area contributed by atoms with Gasteiger partial charge in [-0.3, -0.25) is 10.1 Å². The van der Waals surface area contributed by atoms with E-state index in [0.717, 1.165) is 13.2 Å². The summed E-state index contributed by atoms with van der Waals surface area (Å²) >= 11 is 0. The number of methoxy groups -OCH3 is 1. The van der Waals surface area contributed by atoms with Crippen LogP contribution in [0.3, 0.4) is 0 Å². The zero-order chi connectivity index (χ0) is 13.9. The van der Waals surface area contributed by atoms with E-state index in [2.05, 4.69) is 4.74 Å². The van der Waals surface area contributed by atoms with Gasteiger partial charge in [-0.2, -0.15) is 5.26 Å². The van der Waals surface area contributed by atoms with Crippen molar-refractivity contribution in [2.45, 2.75) is 6.43 Å². The minimum atomic E-state index is -2.98. The van der Waals surface area contributed by atoms with Crippen LogP contribution < -0.4 is 0 Å². The summed E-state index contributed by atoms with van der Waals surface area (Å²) in [5, 5.41) is 19.5. The Balaban J connectivity index is 3.63. The second kappa shape index (κ2) is 5.18. The van der Waals surface area contributed by atoms with Crippen molar-refractivity contribution in [1.82, 2.24) is 0 Å². The Morgan fingerprint density at radius 3 is 2.56 bits per heavy atom. The van der Waals surface area contributed by atoms with Crippen molar-refractivity contribution >= 4 is 11.7 Å². The van der Waals surface area contributed by atoms with Gasteiger partial charge in [0.05, 0.1) is 17.6 Å². The maximum atomic E-state index is 12.5. The van der Waals surface area contributed by atoms with Crippen molar-refractivity contribution in [1.29, 1.82) is 5.26 Å². The molecule has 18 heavy (non-hydrogen) atoms. The third-order valence-electron chi connectivity index (χ3n) is 2.10. The van der Waals surface area contributed by atoms with Crippen LogP contribution in [0.15, 0.2) is 12.1 Å². The molecule has 1 aromatic carbocycles. The number of carbonyl (C=O) groups excluding carboxylic acids is 1. The van der Waals surface area contributed by atoms with Crippen molar-refractivity contribution in [3.8, 4) is 6.07 Å². The standard InChI is InChI=1S/C10H6F2N2O4/c1-18-10(15)8-6(4-13)2-5(9(11)12)3-7(8)14(16)17/h2-3,9H,1H3. The number of rotatable bonds is 3. The van der Waals surface area contributed by atoms with Gasteiger partial charge in [-0.1, -0.05) is 0 Å². The lowest BCUT2D eigenvalue weighted by molar-refractivity contribution is -0.385. The number of ether oxygens (including phenoxy) is 1. The summed E-state index contributed by atoms with van der Waals surface area (Å²) in [6.45, 7) is 0. The second-order valence-corrected chi connectivity index (χ2v) is 3.12. The summed E-state index contributed by atoms with van der Waals surface area (Å²) < 4.78 is 29.3. The molecule has 0 atom stereocenters. The first-order valence-corrected chi connectivity index (χ1v) is 4.51. The fourth-order valence-corrected chi connectivity index (χ4v) is 1.32. The van der Waals surface area contributed by atoms with Crippen LogP contribution in [-0.4, -0.2) is 18.0 Å². The van der Waals surface area contributed by atoms with E-state index >= 15 is 0 Å². The molecule has 0 aliphatic carbocycles. The molecule has 0 unspecified atom stereocenters. The monoisotopic (exact) mass is 256 g/mol. The summed E-state index contributed by atoms with van der Waals surface area (Å²) in [6.07, 6.45) is -2.98. The number of hydrogen-bond donors (Lipinski definition) is 0. The molecule has 0 heterocycles. The predicted molar refractivity (Wildman–Crippen MR) is 54.1 cm³/mol. The Bertz CT molecular complexity index is 552. The fraction of sp³-hybridized carbons (Fsp3) is 0.200.